The Morgan fingerprint density at radius 2 is 2.08 bits per heavy atom. The summed E-state index contributed by atoms with van der Waals surface area (Å²) in [5, 5.41) is 1.75. The highest BCUT2D eigenvalue weighted by Crippen LogP contribution is 2.20. The van der Waals surface area contributed by atoms with Crippen molar-refractivity contribution in [2.24, 2.45) is 0 Å². The molecular weight excluding hydrogens is 190 g/mol. The van der Waals surface area contributed by atoms with Gasteiger partial charge in [0, 0.05) is 5.56 Å². The molecular formula is C8H9NOS2. The van der Waals surface area contributed by atoms with Crippen molar-refractivity contribution >= 4 is 29.8 Å². The van der Waals surface area contributed by atoms with E-state index >= 15 is 0 Å². The summed E-state index contributed by atoms with van der Waals surface area (Å²) in [6.07, 6.45) is 4.72. The molecule has 0 spiro atoms. The van der Waals surface area contributed by atoms with E-state index in [1.807, 2.05) is 18.6 Å². The van der Waals surface area contributed by atoms with Crippen LogP contribution < -0.4 is 0 Å². The van der Waals surface area contributed by atoms with Crippen LogP contribution in [0, 0.1) is 0 Å². The lowest BCUT2D eigenvalue weighted by atomic mass is 10.3. The van der Waals surface area contributed by atoms with Gasteiger partial charge in [0.05, 0.1) is 5.03 Å². The number of hydrogen-bond donors (Lipinski definition) is 0. The second kappa shape index (κ2) is 4.52. The maximum absolute atomic E-state index is 10.5. The summed E-state index contributed by atoms with van der Waals surface area (Å²) in [5.41, 5.74) is 0.667. The molecule has 0 unspecified atom stereocenters. The summed E-state index contributed by atoms with van der Waals surface area (Å²) in [5.74, 6) is 0. The van der Waals surface area contributed by atoms with Gasteiger partial charge in [-0.25, -0.2) is 4.98 Å². The van der Waals surface area contributed by atoms with Crippen LogP contribution in [0.5, 0.6) is 0 Å². The minimum atomic E-state index is 0.667. The lowest BCUT2D eigenvalue weighted by Gasteiger charge is -2.01. The topological polar surface area (TPSA) is 30.0 Å². The molecule has 0 atom stereocenters. The number of aromatic nitrogens is 1. The van der Waals surface area contributed by atoms with Crippen LogP contribution in [-0.4, -0.2) is 23.8 Å². The molecule has 1 aromatic heterocycles. The van der Waals surface area contributed by atoms with Gasteiger partial charge in [0.25, 0.3) is 0 Å². The molecule has 64 valence electrons. The molecule has 0 radical (unpaired) electrons. The molecule has 1 aromatic rings. The van der Waals surface area contributed by atoms with Gasteiger partial charge in [-0.2, -0.15) is 0 Å². The first kappa shape index (κ1) is 9.61. The Bertz CT molecular complexity index is 288. The summed E-state index contributed by atoms with van der Waals surface area (Å²) in [7, 11) is 0. The van der Waals surface area contributed by atoms with Gasteiger partial charge in [-0.15, -0.1) is 23.5 Å². The Kier molecular flexibility index (Phi) is 3.62. The first-order chi connectivity index (χ1) is 5.81. The van der Waals surface area contributed by atoms with E-state index in [0.717, 1.165) is 16.3 Å². The van der Waals surface area contributed by atoms with Crippen molar-refractivity contribution in [3.05, 3.63) is 17.7 Å². The Labute approximate surface area is 80.2 Å². The standard InChI is InChI=1S/C8H9NOS2/c1-11-7-4-3-6(5-10)8(9-7)12-2/h3-5H,1-2H3. The zero-order chi connectivity index (χ0) is 8.97. The third-order valence-corrected chi connectivity index (χ3v) is 2.75. The molecule has 0 aliphatic carbocycles. The van der Waals surface area contributed by atoms with Crippen molar-refractivity contribution in [1.29, 1.82) is 0 Å². The number of pyridine rings is 1. The lowest BCUT2D eigenvalue weighted by Crippen LogP contribution is -1.90. The van der Waals surface area contributed by atoms with Crippen molar-refractivity contribution in [1.82, 2.24) is 4.98 Å². The number of thioether (sulfide) groups is 2. The number of aldehydes is 1. The Hall–Kier alpha value is -0.480. The molecule has 0 saturated carbocycles. The highest BCUT2D eigenvalue weighted by Gasteiger charge is 2.02. The van der Waals surface area contributed by atoms with Crippen LogP contribution in [0.2, 0.25) is 0 Å². The van der Waals surface area contributed by atoms with E-state index < -0.39 is 0 Å². The Morgan fingerprint density at radius 1 is 1.33 bits per heavy atom. The first-order valence-electron chi connectivity index (χ1n) is 3.36. The minimum Gasteiger partial charge on any atom is -0.298 e. The molecule has 0 fully saturated rings. The predicted molar refractivity (Wildman–Crippen MR) is 53.2 cm³/mol. The van der Waals surface area contributed by atoms with E-state index in [9.17, 15) is 4.79 Å². The van der Waals surface area contributed by atoms with E-state index in [0.29, 0.717) is 5.56 Å². The molecule has 0 N–H and O–H groups in total. The van der Waals surface area contributed by atoms with Gasteiger partial charge < -0.3 is 0 Å². The summed E-state index contributed by atoms with van der Waals surface area (Å²) >= 11 is 3.07. The van der Waals surface area contributed by atoms with Crippen molar-refractivity contribution in [2.45, 2.75) is 10.1 Å². The summed E-state index contributed by atoms with van der Waals surface area (Å²) in [6.45, 7) is 0. The fraction of sp³-hybridized carbons (Fsp3) is 0.250. The van der Waals surface area contributed by atoms with Crippen molar-refractivity contribution < 1.29 is 4.79 Å². The van der Waals surface area contributed by atoms with Crippen molar-refractivity contribution in [2.75, 3.05) is 12.5 Å². The van der Waals surface area contributed by atoms with Gasteiger partial charge >= 0.3 is 0 Å². The molecule has 0 aromatic carbocycles. The zero-order valence-corrected chi connectivity index (χ0v) is 8.54. The summed E-state index contributed by atoms with van der Waals surface area (Å²) in [4.78, 5) is 14.8. The second-order valence-electron chi connectivity index (χ2n) is 2.07. The number of carbonyl (C=O) groups is 1. The summed E-state index contributed by atoms with van der Waals surface area (Å²) in [6, 6.07) is 3.66. The van der Waals surface area contributed by atoms with Crippen LogP contribution >= 0.6 is 23.5 Å². The van der Waals surface area contributed by atoms with Crippen LogP contribution in [0.15, 0.2) is 22.2 Å². The Balaban J connectivity index is 3.10. The molecule has 0 aliphatic rings. The maximum Gasteiger partial charge on any atom is 0.152 e. The quantitative estimate of drug-likeness (QED) is 0.552. The molecule has 2 nitrogen and oxygen atoms in total. The van der Waals surface area contributed by atoms with Gasteiger partial charge in [0.1, 0.15) is 5.03 Å². The number of rotatable bonds is 3. The van der Waals surface area contributed by atoms with Gasteiger partial charge in [0.15, 0.2) is 6.29 Å². The van der Waals surface area contributed by atoms with E-state index in [2.05, 4.69) is 4.98 Å². The summed E-state index contributed by atoms with van der Waals surface area (Å²) < 4.78 is 0. The average Bonchev–Trinajstić information content (AvgIpc) is 2.16. The van der Waals surface area contributed by atoms with Gasteiger partial charge in [0.2, 0.25) is 0 Å². The maximum atomic E-state index is 10.5. The first-order valence-corrected chi connectivity index (χ1v) is 5.81. The monoisotopic (exact) mass is 199 g/mol. The van der Waals surface area contributed by atoms with Crippen molar-refractivity contribution in [3.8, 4) is 0 Å². The fourth-order valence-electron chi connectivity index (χ4n) is 0.801. The normalized spacial score (nSPS) is 9.83. The van der Waals surface area contributed by atoms with Gasteiger partial charge in [-0.1, -0.05) is 0 Å². The molecule has 4 heteroatoms. The molecule has 1 rings (SSSR count). The third kappa shape index (κ3) is 2.01. The van der Waals surface area contributed by atoms with E-state index in [1.54, 1.807) is 17.8 Å². The van der Waals surface area contributed by atoms with E-state index in [4.69, 9.17) is 0 Å². The SMILES string of the molecule is CSc1ccc(C=O)c(SC)n1. The van der Waals surface area contributed by atoms with Gasteiger partial charge in [-0.05, 0) is 24.6 Å². The molecule has 0 bridgehead atoms. The number of nitrogens with zero attached hydrogens (tertiary/aromatic N) is 1. The highest BCUT2D eigenvalue weighted by molar-refractivity contribution is 7.99. The smallest absolute Gasteiger partial charge is 0.152 e. The van der Waals surface area contributed by atoms with Crippen LogP contribution in [0.25, 0.3) is 0 Å². The molecule has 0 saturated heterocycles. The fourth-order valence-corrected chi connectivity index (χ4v) is 1.79. The number of hydrogen-bond acceptors (Lipinski definition) is 4. The minimum absolute atomic E-state index is 0.667. The average molecular weight is 199 g/mol. The van der Waals surface area contributed by atoms with Gasteiger partial charge in [-0.3, -0.25) is 4.79 Å². The zero-order valence-electron chi connectivity index (χ0n) is 6.90. The third-order valence-electron chi connectivity index (χ3n) is 1.39. The lowest BCUT2D eigenvalue weighted by molar-refractivity contribution is 0.112. The van der Waals surface area contributed by atoms with Crippen LogP contribution in [-0.2, 0) is 0 Å². The molecule has 0 aliphatic heterocycles. The molecule has 1 heterocycles. The van der Waals surface area contributed by atoms with Crippen LogP contribution in [0.3, 0.4) is 0 Å². The van der Waals surface area contributed by atoms with Crippen molar-refractivity contribution in [3.63, 3.8) is 0 Å². The van der Waals surface area contributed by atoms with E-state index in [1.165, 1.54) is 11.8 Å². The second-order valence-corrected chi connectivity index (χ2v) is 3.69. The van der Waals surface area contributed by atoms with Crippen LogP contribution in [0.4, 0.5) is 0 Å². The predicted octanol–water partition coefficient (Wildman–Crippen LogP) is 2.34. The Morgan fingerprint density at radius 3 is 2.58 bits per heavy atom. The van der Waals surface area contributed by atoms with E-state index in [-0.39, 0.29) is 0 Å². The highest BCUT2D eigenvalue weighted by atomic mass is 32.2. The molecule has 0 amide bonds. The number of carbonyl (C=O) groups excluding carboxylic acids is 1. The molecule has 12 heavy (non-hydrogen) atoms. The van der Waals surface area contributed by atoms with Crippen LogP contribution in [0.1, 0.15) is 10.4 Å². The largest absolute Gasteiger partial charge is 0.298 e.